The lowest BCUT2D eigenvalue weighted by molar-refractivity contribution is -0.479. The molecule has 284 valence electrons. The molecule has 4 aromatic heterocycles. The van der Waals surface area contributed by atoms with E-state index in [2.05, 4.69) is 57.8 Å². The highest BCUT2D eigenvalue weighted by Gasteiger charge is 2.22. The summed E-state index contributed by atoms with van der Waals surface area (Å²) in [5.41, 5.74) is 3.60. The smallest absolute Gasteiger partial charge is 0.268 e. The molecule has 0 bridgehead atoms. The summed E-state index contributed by atoms with van der Waals surface area (Å²) in [4.78, 5) is 46.4. The average molecular weight is 971 g/mol. The van der Waals surface area contributed by atoms with E-state index in [0.717, 1.165) is 36.1 Å². The zero-order valence-electron chi connectivity index (χ0n) is 28.4. The average Bonchev–Trinajstić information content (AvgIpc) is 3.96. The molecule has 2 N–H and O–H groups in total. The van der Waals surface area contributed by atoms with Crippen LogP contribution in [0.2, 0.25) is 0 Å². The van der Waals surface area contributed by atoms with Crippen molar-refractivity contribution in [1.82, 2.24) is 17.9 Å². The van der Waals surface area contributed by atoms with E-state index >= 15 is 0 Å². The van der Waals surface area contributed by atoms with Gasteiger partial charge in [0.15, 0.2) is 18.9 Å². The first-order chi connectivity index (χ1) is 25.5. The van der Waals surface area contributed by atoms with Gasteiger partial charge in [-0.05, 0) is 116 Å². The van der Waals surface area contributed by atoms with Crippen LogP contribution in [-0.2, 0) is 26.5 Å². The second-order valence-electron chi connectivity index (χ2n) is 11.0. The maximum Gasteiger partial charge on any atom is 0.268 e. The molecule has 0 aliphatic carbocycles. The van der Waals surface area contributed by atoms with Gasteiger partial charge in [-0.3, -0.25) is 24.5 Å². The lowest BCUT2D eigenvalue weighted by atomic mass is 10.2. The number of H-pyrrole nitrogens is 2. The van der Waals surface area contributed by atoms with Crippen molar-refractivity contribution in [1.29, 1.82) is 0 Å². The molecule has 0 radical (unpaired) electrons. The van der Waals surface area contributed by atoms with Crippen molar-refractivity contribution >= 4 is 86.7 Å². The minimum absolute atomic E-state index is 0.0453. The third-order valence-corrected chi connectivity index (χ3v) is 11.7. The third kappa shape index (κ3) is 12.4. The number of nitrogens with zero attached hydrogens (tertiary/aromatic N) is 3. The van der Waals surface area contributed by atoms with Crippen LogP contribution in [0, 0.1) is 24.0 Å². The number of carbonyl (C=O) groups is 3. The Kier molecular flexibility index (Phi) is 16.3. The van der Waals surface area contributed by atoms with Crippen molar-refractivity contribution in [2.45, 2.75) is 30.1 Å². The largest absolute Gasteiger partial charge is 0.359 e. The van der Waals surface area contributed by atoms with Crippen molar-refractivity contribution in [2.24, 2.45) is 0 Å². The molecule has 6 aromatic rings. The number of rotatable bonds is 10. The third-order valence-electron chi connectivity index (χ3n) is 6.98. The zero-order chi connectivity index (χ0) is 40.1. The maximum atomic E-state index is 12.6. The number of nitro groups is 1. The molecule has 0 atom stereocenters. The van der Waals surface area contributed by atoms with Crippen LogP contribution < -0.4 is 0 Å². The molecule has 14 nitrogen and oxygen atoms in total. The summed E-state index contributed by atoms with van der Waals surface area (Å²) in [6.07, 6.45) is 8.29. The Balaban J connectivity index is 0.000000212. The fourth-order valence-corrected chi connectivity index (χ4v) is 8.59. The predicted octanol–water partition coefficient (Wildman–Crippen LogP) is 7.64. The van der Waals surface area contributed by atoms with E-state index in [1.807, 2.05) is 13.8 Å². The van der Waals surface area contributed by atoms with Gasteiger partial charge in [0, 0.05) is 48.8 Å². The Labute approximate surface area is 336 Å². The Hall–Kier alpha value is -4.69. The lowest BCUT2D eigenvalue weighted by Crippen LogP contribution is -2.17. The molecular weight excluding hydrogens is 938 g/mol. The molecule has 0 saturated heterocycles. The first kappa shape index (κ1) is 43.7. The number of benzene rings is 2. The van der Waals surface area contributed by atoms with Crippen molar-refractivity contribution in [2.75, 3.05) is 6.54 Å². The standard InChI is InChI=1S/C13H13BrN2O4S.C12H10BrNO3S.C5H4BrNO.C5H5NO/c1-10-2-4-13(5-3-10)21(19,20)15-9-11(14)8-12(15)6-7-16(17)18;1-9-2-4-12(5-3-9)18(16,17)14-7-10(13)6-11(14)8-15;6-4-1-5(3-8)7-2-4;7-4-5-2-1-3-6-5/h2-5,8-9H,6-7H2,1H3;2-8H,1H3;1-3,7H;1-4,6H. The molecule has 0 amide bonds. The molecule has 0 saturated carbocycles. The number of aromatic amines is 2. The number of carbonyl (C=O) groups excluding carboxylic acids is 3. The molecule has 0 spiro atoms. The van der Waals surface area contributed by atoms with E-state index in [1.165, 1.54) is 42.7 Å². The molecule has 6 rings (SSSR count). The SMILES string of the molecule is Cc1ccc(S(=O)(=O)n2cc(Br)cc2C=O)cc1.Cc1ccc(S(=O)(=O)n2cc(Br)cc2CC[N+](=O)[O-])cc1.O=Cc1cc(Br)c[nH]1.O=Cc1ccc[nH]1. The molecule has 4 heterocycles. The summed E-state index contributed by atoms with van der Waals surface area (Å²) in [6, 6.07) is 21.2. The molecule has 2 aromatic carbocycles. The number of aryl methyl sites for hydroxylation is 2. The van der Waals surface area contributed by atoms with Crippen LogP contribution in [0.25, 0.3) is 0 Å². The van der Waals surface area contributed by atoms with E-state index in [0.29, 0.717) is 32.3 Å². The Morgan fingerprint density at radius 3 is 1.61 bits per heavy atom. The highest BCUT2D eigenvalue weighted by atomic mass is 79.9. The van der Waals surface area contributed by atoms with Gasteiger partial charge in [0.2, 0.25) is 6.54 Å². The summed E-state index contributed by atoms with van der Waals surface area (Å²) >= 11 is 9.55. The van der Waals surface area contributed by atoms with Gasteiger partial charge in [0.25, 0.3) is 20.0 Å². The van der Waals surface area contributed by atoms with Gasteiger partial charge < -0.3 is 9.97 Å². The van der Waals surface area contributed by atoms with Gasteiger partial charge >= 0.3 is 0 Å². The summed E-state index contributed by atoms with van der Waals surface area (Å²) in [6.45, 7) is 3.42. The number of aldehydes is 3. The van der Waals surface area contributed by atoms with Gasteiger partial charge in [-0.2, -0.15) is 0 Å². The highest BCUT2D eigenvalue weighted by molar-refractivity contribution is 9.11. The molecule has 19 heteroatoms. The van der Waals surface area contributed by atoms with Crippen LogP contribution in [0.1, 0.15) is 48.3 Å². The van der Waals surface area contributed by atoms with Crippen LogP contribution in [0.4, 0.5) is 0 Å². The summed E-state index contributed by atoms with van der Waals surface area (Å²) in [5, 5.41) is 10.5. The predicted molar refractivity (Wildman–Crippen MR) is 213 cm³/mol. The van der Waals surface area contributed by atoms with Gasteiger partial charge in [0.05, 0.1) is 33.3 Å². The van der Waals surface area contributed by atoms with Crippen LogP contribution in [0.5, 0.6) is 0 Å². The van der Waals surface area contributed by atoms with Crippen molar-refractivity contribution in [3.63, 3.8) is 0 Å². The topological polar surface area (TPSA) is 204 Å². The highest BCUT2D eigenvalue weighted by Crippen LogP contribution is 2.23. The van der Waals surface area contributed by atoms with Crippen LogP contribution >= 0.6 is 47.8 Å². The molecule has 54 heavy (non-hydrogen) atoms. The first-order valence-electron chi connectivity index (χ1n) is 15.4. The van der Waals surface area contributed by atoms with Crippen LogP contribution in [0.3, 0.4) is 0 Å². The summed E-state index contributed by atoms with van der Waals surface area (Å²) < 4.78 is 53.9. The van der Waals surface area contributed by atoms with E-state index in [-0.39, 0.29) is 28.5 Å². The van der Waals surface area contributed by atoms with Gasteiger partial charge in [-0.15, -0.1) is 0 Å². The van der Waals surface area contributed by atoms with Crippen molar-refractivity contribution in [3.05, 3.63) is 161 Å². The number of halogens is 3. The monoisotopic (exact) mass is 967 g/mol. The van der Waals surface area contributed by atoms with E-state index in [4.69, 9.17) is 0 Å². The van der Waals surface area contributed by atoms with Crippen LogP contribution in [0.15, 0.2) is 127 Å². The maximum absolute atomic E-state index is 12.6. The molecule has 0 aliphatic heterocycles. The molecule has 0 aliphatic rings. The summed E-state index contributed by atoms with van der Waals surface area (Å²) in [7, 11) is -7.47. The van der Waals surface area contributed by atoms with Crippen molar-refractivity contribution in [3.8, 4) is 0 Å². The Bertz CT molecular complexity index is 2400. The number of hydrogen-bond donors (Lipinski definition) is 2. The second-order valence-corrected chi connectivity index (χ2v) is 17.4. The first-order valence-corrected chi connectivity index (χ1v) is 20.6. The normalized spacial score (nSPS) is 10.8. The fourth-order valence-electron chi connectivity index (χ4n) is 4.31. The second kappa shape index (κ2) is 20.1. The minimum Gasteiger partial charge on any atom is -0.359 e. The Morgan fingerprint density at radius 1 is 0.685 bits per heavy atom. The van der Waals surface area contributed by atoms with Crippen LogP contribution in [-0.4, -0.2) is 65.1 Å². The molecule has 0 unspecified atom stereocenters. The van der Waals surface area contributed by atoms with Crippen molar-refractivity contribution < 1.29 is 36.1 Å². The van der Waals surface area contributed by atoms with E-state index in [9.17, 15) is 41.3 Å². The number of hydrogen-bond acceptors (Lipinski definition) is 9. The van der Waals surface area contributed by atoms with Gasteiger partial charge in [-0.25, -0.2) is 24.8 Å². The summed E-state index contributed by atoms with van der Waals surface area (Å²) in [5.74, 6) is 0. The lowest BCUT2D eigenvalue weighted by Gasteiger charge is -2.09. The fraction of sp³-hybridized carbons (Fsp3) is 0.114. The quantitative estimate of drug-likeness (QED) is 0.0786. The zero-order valence-corrected chi connectivity index (χ0v) is 34.8. The molecule has 0 fully saturated rings. The van der Waals surface area contributed by atoms with Gasteiger partial charge in [-0.1, -0.05) is 35.4 Å². The van der Waals surface area contributed by atoms with E-state index in [1.54, 1.807) is 60.9 Å². The molecular formula is C35H32Br3N5O9S2. The minimum atomic E-state index is -3.75. The number of aromatic nitrogens is 4. The van der Waals surface area contributed by atoms with E-state index < -0.39 is 25.0 Å². The number of nitrogens with one attached hydrogen (secondary N) is 2. The Morgan fingerprint density at radius 2 is 1.20 bits per heavy atom. The van der Waals surface area contributed by atoms with Gasteiger partial charge in [0.1, 0.15) is 0 Å².